The zero-order chi connectivity index (χ0) is 11.1. The highest BCUT2D eigenvalue weighted by Crippen LogP contribution is 2.15. The van der Waals surface area contributed by atoms with E-state index < -0.39 is 0 Å². The standard InChI is InChI=1S/C12H12ClNO/c1-14-7-3-2-4-10-5-6-11(9-15)12(13)8-10/h5-6,8-9,14H,3,7H2,1H3. The van der Waals surface area contributed by atoms with Gasteiger partial charge in [-0.3, -0.25) is 4.79 Å². The molecular formula is C12H12ClNO. The summed E-state index contributed by atoms with van der Waals surface area (Å²) in [6.45, 7) is 0.868. The molecule has 0 aliphatic carbocycles. The van der Waals surface area contributed by atoms with Gasteiger partial charge in [-0.25, -0.2) is 0 Å². The maximum atomic E-state index is 10.5. The summed E-state index contributed by atoms with van der Waals surface area (Å²) in [5.74, 6) is 5.99. The third kappa shape index (κ3) is 3.75. The Kier molecular flexibility index (Phi) is 4.89. The van der Waals surface area contributed by atoms with Crippen LogP contribution in [0.2, 0.25) is 5.02 Å². The summed E-state index contributed by atoms with van der Waals surface area (Å²) in [5.41, 5.74) is 1.33. The van der Waals surface area contributed by atoms with E-state index in [9.17, 15) is 4.79 Å². The summed E-state index contributed by atoms with van der Waals surface area (Å²) in [6, 6.07) is 5.18. The van der Waals surface area contributed by atoms with Crippen molar-refractivity contribution in [1.29, 1.82) is 0 Å². The Labute approximate surface area is 94.6 Å². The van der Waals surface area contributed by atoms with Crippen molar-refractivity contribution in [3.63, 3.8) is 0 Å². The zero-order valence-corrected chi connectivity index (χ0v) is 9.27. The van der Waals surface area contributed by atoms with E-state index in [1.165, 1.54) is 0 Å². The summed E-state index contributed by atoms with van der Waals surface area (Å²) >= 11 is 5.86. The van der Waals surface area contributed by atoms with Crippen LogP contribution in [0.15, 0.2) is 18.2 Å². The molecule has 0 saturated carbocycles. The minimum atomic E-state index is 0.449. The highest BCUT2D eigenvalue weighted by molar-refractivity contribution is 6.33. The largest absolute Gasteiger partial charge is 0.319 e. The summed E-state index contributed by atoms with van der Waals surface area (Å²) in [5, 5.41) is 3.46. The van der Waals surface area contributed by atoms with Gasteiger partial charge in [0, 0.05) is 24.1 Å². The van der Waals surface area contributed by atoms with Crippen molar-refractivity contribution < 1.29 is 4.79 Å². The van der Waals surface area contributed by atoms with Crippen molar-refractivity contribution in [1.82, 2.24) is 5.32 Å². The Morgan fingerprint density at radius 3 is 2.93 bits per heavy atom. The average Bonchev–Trinajstić information content (AvgIpc) is 2.25. The van der Waals surface area contributed by atoms with Crippen LogP contribution in [0, 0.1) is 11.8 Å². The second-order valence-electron chi connectivity index (χ2n) is 3.01. The van der Waals surface area contributed by atoms with Gasteiger partial charge in [0.15, 0.2) is 6.29 Å². The molecule has 0 saturated heterocycles. The van der Waals surface area contributed by atoms with Crippen molar-refractivity contribution >= 4 is 17.9 Å². The lowest BCUT2D eigenvalue weighted by atomic mass is 10.1. The van der Waals surface area contributed by atoms with Crippen molar-refractivity contribution in [3.05, 3.63) is 34.3 Å². The molecule has 1 aromatic carbocycles. The van der Waals surface area contributed by atoms with E-state index in [2.05, 4.69) is 17.2 Å². The Hall–Kier alpha value is -1.30. The van der Waals surface area contributed by atoms with Crippen LogP contribution in [0.25, 0.3) is 0 Å². The predicted octanol–water partition coefficient (Wildman–Crippen LogP) is 2.11. The number of rotatable bonds is 3. The van der Waals surface area contributed by atoms with Crippen LogP contribution in [0.1, 0.15) is 22.3 Å². The van der Waals surface area contributed by atoms with Crippen LogP contribution in [0.5, 0.6) is 0 Å². The van der Waals surface area contributed by atoms with Gasteiger partial charge in [0.05, 0.1) is 5.02 Å². The van der Waals surface area contributed by atoms with Gasteiger partial charge < -0.3 is 5.32 Å². The Morgan fingerprint density at radius 2 is 2.33 bits per heavy atom. The van der Waals surface area contributed by atoms with Crippen LogP contribution in [-0.2, 0) is 0 Å². The number of benzene rings is 1. The van der Waals surface area contributed by atoms with Crippen LogP contribution in [-0.4, -0.2) is 19.9 Å². The maximum Gasteiger partial charge on any atom is 0.151 e. The monoisotopic (exact) mass is 221 g/mol. The summed E-state index contributed by atoms with van der Waals surface area (Å²) in [6.07, 6.45) is 1.53. The molecule has 0 amide bonds. The smallest absolute Gasteiger partial charge is 0.151 e. The topological polar surface area (TPSA) is 29.1 Å². The molecule has 0 aliphatic rings. The first-order valence-corrected chi connectivity index (χ1v) is 5.04. The molecule has 15 heavy (non-hydrogen) atoms. The van der Waals surface area contributed by atoms with E-state index in [4.69, 9.17) is 11.6 Å². The fourth-order valence-corrected chi connectivity index (χ4v) is 1.28. The first-order valence-electron chi connectivity index (χ1n) is 4.66. The molecule has 1 aromatic rings. The molecule has 0 radical (unpaired) electrons. The fourth-order valence-electron chi connectivity index (χ4n) is 1.05. The molecule has 0 bridgehead atoms. The highest BCUT2D eigenvalue weighted by atomic mass is 35.5. The van der Waals surface area contributed by atoms with Crippen molar-refractivity contribution in [2.45, 2.75) is 6.42 Å². The lowest BCUT2D eigenvalue weighted by Crippen LogP contribution is -2.05. The lowest BCUT2D eigenvalue weighted by molar-refractivity contribution is 0.112. The van der Waals surface area contributed by atoms with Gasteiger partial charge in [0.25, 0.3) is 0 Å². The minimum absolute atomic E-state index is 0.449. The Balaban J connectivity index is 2.73. The van der Waals surface area contributed by atoms with Crippen LogP contribution in [0.3, 0.4) is 0 Å². The van der Waals surface area contributed by atoms with Crippen LogP contribution < -0.4 is 5.32 Å². The van der Waals surface area contributed by atoms with Crippen molar-refractivity contribution in [2.75, 3.05) is 13.6 Å². The average molecular weight is 222 g/mol. The number of hydrogen-bond acceptors (Lipinski definition) is 2. The van der Waals surface area contributed by atoms with E-state index in [-0.39, 0.29) is 0 Å². The summed E-state index contributed by atoms with van der Waals surface area (Å²) in [7, 11) is 1.89. The number of hydrogen-bond donors (Lipinski definition) is 1. The van der Waals surface area contributed by atoms with E-state index in [0.29, 0.717) is 10.6 Å². The van der Waals surface area contributed by atoms with Gasteiger partial charge in [0.1, 0.15) is 0 Å². The van der Waals surface area contributed by atoms with Crippen LogP contribution in [0.4, 0.5) is 0 Å². The molecule has 1 N–H and O–H groups in total. The molecule has 3 heteroatoms. The number of halogens is 1. The predicted molar refractivity (Wildman–Crippen MR) is 62.3 cm³/mol. The first-order chi connectivity index (χ1) is 7.27. The molecule has 78 valence electrons. The maximum absolute atomic E-state index is 10.5. The second kappa shape index (κ2) is 6.23. The summed E-state index contributed by atoms with van der Waals surface area (Å²) in [4.78, 5) is 10.5. The van der Waals surface area contributed by atoms with Crippen LogP contribution >= 0.6 is 11.6 Å². The number of carbonyl (C=O) groups is 1. The minimum Gasteiger partial charge on any atom is -0.319 e. The van der Waals surface area contributed by atoms with E-state index >= 15 is 0 Å². The zero-order valence-electron chi connectivity index (χ0n) is 8.51. The fraction of sp³-hybridized carbons (Fsp3) is 0.250. The third-order valence-electron chi connectivity index (χ3n) is 1.86. The molecular weight excluding hydrogens is 210 g/mol. The normalized spacial score (nSPS) is 9.20. The third-order valence-corrected chi connectivity index (χ3v) is 2.19. The molecule has 0 unspecified atom stereocenters. The second-order valence-corrected chi connectivity index (χ2v) is 3.42. The quantitative estimate of drug-likeness (QED) is 0.481. The Morgan fingerprint density at radius 1 is 1.53 bits per heavy atom. The van der Waals surface area contributed by atoms with E-state index in [0.717, 1.165) is 24.8 Å². The molecule has 0 fully saturated rings. The molecule has 0 aliphatic heterocycles. The van der Waals surface area contributed by atoms with Gasteiger partial charge >= 0.3 is 0 Å². The number of aldehydes is 1. The number of carbonyl (C=O) groups excluding carboxylic acids is 1. The highest BCUT2D eigenvalue weighted by Gasteiger charge is 1.98. The van der Waals surface area contributed by atoms with Crippen molar-refractivity contribution in [2.24, 2.45) is 0 Å². The SMILES string of the molecule is CNCCC#Cc1ccc(C=O)c(Cl)c1. The van der Waals surface area contributed by atoms with Gasteiger partial charge in [-0.1, -0.05) is 23.4 Å². The number of nitrogens with one attached hydrogen (secondary N) is 1. The molecule has 0 spiro atoms. The summed E-state index contributed by atoms with van der Waals surface area (Å²) < 4.78 is 0. The molecule has 2 nitrogen and oxygen atoms in total. The van der Waals surface area contributed by atoms with Gasteiger partial charge in [-0.05, 0) is 25.2 Å². The molecule has 0 aromatic heterocycles. The first kappa shape index (κ1) is 11.8. The Bertz CT molecular complexity index is 404. The van der Waals surface area contributed by atoms with Crippen molar-refractivity contribution in [3.8, 4) is 11.8 Å². The lowest BCUT2D eigenvalue weighted by Gasteiger charge is -1.96. The molecule has 1 rings (SSSR count). The van der Waals surface area contributed by atoms with E-state index in [1.807, 2.05) is 7.05 Å². The van der Waals surface area contributed by atoms with E-state index in [1.54, 1.807) is 18.2 Å². The van der Waals surface area contributed by atoms with Gasteiger partial charge in [-0.2, -0.15) is 0 Å². The molecule has 0 heterocycles. The van der Waals surface area contributed by atoms with Gasteiger partial charge in [0.2, 0.25) is 0 Å². The molecule has 0 atom stereocenters. The van der Waals surface area contributed by atoms with Gasteiger partial charge in [-0.15, -0.1) is 0 Å².